The summed E-state index contributed by atoms with van der Waals surface area (Å²) < 4.78 is 19.7. The number of hydrogen-bond acceptors (Lipinski definition) is 1. The van der Waals surface area contributed by atoms with Crippen LogP contribution in [0.25, 0.3) is 0 Å². The zero-order valence-electron chi connectivity index (χ0n) is 11.8. The molecule has 0 saturated carbocycles. The summed E-state index contributed by atoms with van der Waals surface area (Å²) in [6, 6.07) is 10.1. The minimum Gasteiger partial charge on any atom is -0.377 e. The Morgan fingerprint density at radius 3 is 2.94 bits per heavy atom. The first-order chi connectivity index (χ1) is 8.72. The summed E-state index contributed by atoms with van der Waals surface area (Å²) in [6.45, 7) is 3.13. The van der Waals surface area contributed by atoms with E-state index in [0.29, 0.717) is 13.2 Å². The molecule has 0 spiro atoms. The molecule has 0 amide bonds. The van der Waals surface area contributed by atoms with Crippen molar-refractivity contribution in [2.24, 2.45) is 0 Å². The van der Waals surface area contributed by atoms with Gasteiger partial charge in [-0.15, -0.1) is 5.73 Å². The second-order valence-electron chi connectivity index (χ2n) is 3.72. The van der Waals surface area contributed by atoms with Crippen molar-refractivity contribution in [2.75, 3.05) is 6.61 Å². The van der Waals surface area contributed by atoms with Crippen LogP contribution in [0, 0.1) is 0 Å². The maximum Gasteiger partial charge on any atom is 0.0716 e. The smallest absolute Gasteiger partial charge is 0.0716 e. The third kappa shape index (κ3) is 4.97. The highest BCUT2D eigenvalue weighted by Gasteiger charge is 1.95. The summed E-state index contributed by atoms with van der Waals surface area (Å²) in [5, 5.41) is 0. The van der Waals surface area contributed by atoms with Gasteiger partial charge in [-0.25, -0.2) is 0 Å². The van der Waals surface area contributed by atoms with Crippen LogP contribution >= 0.6 is 0 Å². The number of allylic oxidation sites excluding steroid dienone is 1. The van der Waals surface area contributed by atoms with Crippen LogP contribution < -0.4 is 0 Å². The zero-order chi connectivity index (χ0) is 13.2. The van der Waals surface area contributed by atoms with E-state index in [2.05, 4.69) is 5.73 Å². The highest BCUT2D eigenvalue weighted by Crippen LogP contribution is 2.08. The minimum atomic E-state index is -0.239. The van der Waals surface area contributed by atoms with Gasteiger partial charge in [0, 0.05) is 6.61 Å². The topological polar surface area (TPSA) is 9.23 Å². The molecule has 0 N–H and O–H groups in total. The lowest BCUT2D eigenvalue weighted by molar-refractivity contribution is 0.118. The molecule has 0 heterocycles. The van der Waals surface area contributed by atoms with Gasteiger partial charge in [-0.05, 0) is 30.4 Å². The van der Waals surface area contributed by atoms with E-state index < -0.39 is 0 Å². The molecule has 0 unspecified atom stereocenters. The van der Waals surface area contributed by atoms with E-state index in [-0.39, 0.29) is 6.53 Å². The number of rotatable bonds is 7. The lowest BCUT2D eigenvalue weighted by Crippen LogP contribution is -1.96. The van der Waals surface area contributed by atoms with Crippen molar-refractivity contribution in [2.45, 2.75) is 32.8 Å². The lowest BCUT2D eigenvalue weighted by Gasteiger charge is -2.04. The number of hydrogen-bond donors (Lipinski definition) is 0. The van der Waals surface area contributed by atoms with Gasteiger partial charge in [0.05, 0.1) is 9.35 Å². The predicted octanol–water partition coefficient (Wildman–Crippen LogP) is 4.10. The molecule has 16 heavy (non-hydrogen) atoms. The normalized spacial score (nSPS) is 11.3. The van der Waals surface area contributed by atoms with Gasteiger partial charge >= 0.3 is 0 Å². The molecular formula is C15H20O. The van der Waals surface area contributed by atoms with Crippen molar-refractivity contribution < 1.29 is 7.48 Å². The van der Waals surface area contributed by atoms with E-state index >= 15 is 0 Å². The Labute approximate surface area is 101 Å². The van der Waals surface area contributed by atoms with Gasteiger partial charge in [-0.1, -0.05) is 43.8 Å². The summed E-state index contributed by atoms with van der Waals surface area (Å²) in [7, 11) is 0. The molecular weight excluding hydrogens is 196 g/mol. The van der Waals surface area contributed by atoms with Crippen molar-refractivity contribution in [1.82, 2.24) is 0 Å². The Hall–Kier alpha value is -1.30. The Bertz CT molecular complexity index is 402. The number of benzene rings is 1. The molecule has 0 aliphatic carbocycles. The van der Waals surface area contributed by atoms with E-state index in [4.69, 9.17) is 7.48 Å². The molecule has 0 aliphatic heterocycles. The maximum atomic E-state index is 7.06. The SMILES string of the molecule is [2H]C([2H])=C=C(CC)CCCOCc1ccccc1. The van der Waals surface area contributed by atoms with E-state index in [1.807, 2.05) is 37.3 Å². The molecule has 0 saturated heterocycles. The minimum absolute atomic E-state index is 0.239. The van der Waals surface area contributed by atoms with Gasteiger partial charge < -0.3 is 4.74 Å². The summed E-state index contributed by atoms with van der Waals surface area (Å²) >= 11 is 0. The third-order valence-corrected chi connectivity index (χ3v) is 2.48. The molecule has 1 aromatic rings. The molecule has 1 nitrogen and oxygen atoms in total. The average Bonchev–Trinajstić information content (AvgIpc) is 2.37. The van der Waals surface area contributed by atoms with E-state index in [9.17, 15) is 0 Å². The lowest BCUT2D eigenvalue weighted by atomic mass is 10.1. The molecule has 1 heteroatoms. The Kier molecular flexibility index (Phi) is 4.90. The van der Waals surface area contributed by atoms with Gasteiger partial charge in [0.2, 0.25) is 0 Å². The molecule has 0 bridgehead atoms. The standard InChI is InChI=1S/C15H20O/c1-3-14(4-2)11-8-12-16-13-15-9-6-5-7-10-15/h5-7,9-10H,1,4,8,11-13H2,2H3/i1D2. The van der Waals surface area contributed by atoms with Crippen molar-refractivity contribution in [1.29, 1.82) is 0 Å². The molecule has 0 atom stereocenters. The first kappa shape index (κ1) is 9.89. The van der Waals surface area contributed by atoms with Gasteiger partial charge in [0.15, 0.2) is 0 Å². The van der Waals surface area contributed by atoms with Gasteiger partial charge in [-0.2, -0.15) is 0 Å². The van der Waals surface area contributed by atoms with Gasteiger partial charge in [0.25, 0.3) is 0 Å². The molecule has 0 aromatic heterocycles. The summed E-state index contributed by atoms with van der Waals surface area (Å²) in [6.07, 6.45) is 2.61. The highest BCUT2D eigenvalue weighted by atomic mass is 16.5. The second kappa shape index (κ2) is 7.92. The van der Waals surface area contributed by atoms with E-state index in [0.717, 1.165) is 24.8 Å². The van der Waals surface area contributed by atoms with Crippen molar-refractivity contribution in [3.05, 3.63) is 53.7 Å². The number of ether oxygens (including phenoxy) is 1. The second-order valence-corrected chi connectivity index (χ2v) is 3.72. The zero-order valence-corrected chi connectivity index (χ0v) is 9.83. The summed E-state index contributed by atoms with van der Waals surface area (Å²) in [5.74, 6) is 0. The molecule has 86 valence electrons. The van der Waals surface area contributed by atoms with Crippen molar-refractivity contribution >= 4 is 0 Å². The van der Waals surface area contributed by atoms with Crippen LogP contribution in [-0.2, 0) is 11.3 Å². The molecule has 1 aromatic carbocycles. The fourth-order valence-electron chi connectivity index (χ4n) is 1.48. The van der Waals surface area contributed by atoms with Crippen molar-refractivity contribution in [3.63, 3.8) is 0 Å². The van der Waals surface area contributed by atoms with Crippen LogP contribution in [-0.4, -0.2) is 6.61 Å². The van der Waals surface area contributed by atoms with Crippen LogP contribution in [0.2, 0.25) is 0 Å². The molecule has 0 aliphatic rings. The van der Waals surface area contributed by atoms with Crippen molar-refractivity contribution in [3.8, 4) is 0 Å². The summed E-state index contributed by atoms with van der Waals surface area (Å²) in [5.41, 5.74) is 4.96. The average molecular weight is 218 g/mol. The Morgan fingerprint density at radius 1 is 1.44 bits per heavy atom. The van der Waals surface area contributed by atoms with Crippen LogP contribution in [0.1, 0.15) is 34.5 Å². The first-order valence-electron chi connectivity index (χ1n) is 6.76. The van der Waals surface area contributed by atoms with Gasteiger partial charge in [-0.3, -0.25) is 0 Å². The fraction of sp³-hybridized carbons (Fsp3) is 0.400. The highest BCUT2D eigenvalue weighted by molar-refractivity contribution is 5.13. The molecule has 0 fully saturated rings. The maximum absolute atomic E-state index is 7.06. The summed E-state index contributed by atoms with van der Waals surface area (Å²) in [4.78, 5) is 0. The molecule has 0 radical (unpaired) electrons. The fourth-order valence-corrected chi connectivity index (χ4v) is 1.48. The van der Waals surface area contributed by atoms with Crippen LogP contribution in [0.4, 0.5) is 0 Å². The van der Waals surface area contributed by atoms with Gasteiger partial charge in [0.1, 0.15) is 0 Å². The monoisotopic (exact) mass is 218 g/mol. The van der Waals surface area contributed by atoms with E-state index in [1.165, 1.54) is 5.56 Å². The predicted molar refractivity (Wildman–Crippen MR) is 68.3 cm³/mol. The molecule has 1 rings (SSSR count). The first-order valence-corrected chi connectivity index (χ1v) is 5.76. The Balaban J connectivity index is 2.21. The Morgan fingerprint density at radius 2 is 2.25 bits per heavy atom. The van der Waals surface area contributed by atoms with Crippen LogP contribution in [0.5, 0.6) is 0 Å². The van der Waals surface area contributed by atoms with E-state index in [1.54, 1.807) is 0 Å². The largest absolute Gasteiger partial charge is 0.377 e. The quantitative estimate of drug-likeness (QED) is 0.494. The van der Waals surface area contributed by atoms with Crippen LogP contribution in [0.15, 0.2) is 48.2 Å². The third-order valence-electron chi connectivity index (χ3n) is 2.48. The van der Waals surface area contributed by atoms with Crippen LogP contribution in [0.3, 0.4) is 0 Å².